The molecule has 4 aromatic rings. The molecule has 0 aliphatic heterocycles. The van der Waals surface area contributed by atoms with E-state index in [4.69, 9.17) is 0 Å². The molecule has 0 aliphatic rings. The van der Waals surface area contributed by atoms with Crippen LogP contribution in [0.4, 0.5) is 0 Å². The average Bonchev–Trinajstić information content (AvgIpc) is 3.10. The molecule has 1 heteroatoms. The molecule has 0 N–H and O–H groups in total. The molecular weight excluding hydrogens is 398 g/mol. The first-order valence-corrected chi connectivity index (χ1v) is 12.0. The molecule has 4 rings (SSSR count). The lowest BCUT2D eigenvalue weighted by molar-refractivity contribution is 0.590. The third-order valence-corrected chi connectivity index (χ3v) is 6.66. The number of allylic oxidation sites excluding steroid dienone is 1. The number of benzene rings is 3. The quantitative estimate of drug-likeness (QED) is 0.302. The monoisotopic (exact) mass is 435 g/mol. The van der Waals surface area contributed by atoms with Crippen molar-refractivity contribution in [3.63, 3.8) is 0 Å². The van der Waals surface area contributed by atoms with E-state index >= 15 is 0 Å². The Morgan fingerprint density at radius 2 is 1.24 bits per heavy atom. The SMILES string of the molecule is Cn1cc(C(/C=C/c2ccc(C(C)(C)C)cc2)c2ccc(C(C)(C)C)cc2)c2ccccc21. The van der Waals surface area contributed by atoms with Crippen molar-refractivity contribution in [1.82, 2.24) is 4.57 Å². The Labute approximate surface area is 199 Å². The third-order valence-electron chi connectivity index (χ3n) is 6.66. The number of nitrogens with zero attached hydrogens (tertiary/aromatic N) is 1. The van der Waals surface area contributed by atoms with Crippen molar-refractivity contribution in [2.75, 3.05) is 0 Å². The fourth-order valence-electron chi connectivity index (χ4n) is 4.51. The Morgan fingerprint density at radius 1 is 0.697 bits per heavy atom. The van der Waals surface area contributed by atoms with Crippen LogP contribution in [0.5, 0.6) is 0 Å². The van der Waals surface area contributed by atoms with Gasteiger partial charge in [-0.3, -0.25) is 0 Å². The molecule has 1 nitrogen and oxygen atoms in total. The average molecular weight is 436 g/mol. The van der Waals surface area contributed by atoms with E-state index in [-0.39, 0.29) is 16.7 Å². The summed E-state index contributed by atoms with van der Waals surface area (Å²) < 4.78 is 2.24. The summed E-state index contributed by atoms with van der Waals surface area (Å²) in [7, 11) is 2.14. The van der Waals surface area contributed by atoms with Crippen LogP contribution < -0.4 is 0 Å². The zero-order valence-electron chi connectivity index (χ0n) is 21.2. The van der Waals surface area contributed by atoms with E-state index in [0.717, 1.165) is 0 Å². The smallest absolute Gasteiger partial charge is 0.0480 e. The van der Waals surface area contributed by atoms with Crippen LogP contribution in [0.2, 0.25) is 0 Å². The lowest BCUT2D eigenvalue weighted by Crippen LogP contribution is -2.11. The molecule has 0 saturated heterocycles. The standard InChI is InChI=1S/C32H37N/c1-31(2,3)25-17-12-23(13-18-25)14-21-27(24-15-19-26(20-16-24)32(4,5)6)29-22-33(7)30-11-9-8-10-28(29)30/h8-22,27H,1-7H3/b21-14+. The molecule has 0 fully saturated rings. The summed E-state index contributed by atoms with van der Waals surface area (Å²) in [5.74, 6) is 0.187. The van der Waals surface area contributed by atoms with Gasteiger partial charge in [-0.2, -0.15) is 0 Å². The highest BCUT2D eigenvalue weighted by atomic mass is 14.9. The maximum atomic E-state index is 2.36. The molecule has 0 amide bonds. The molecule has 1 atom stereocenters. The first kappa shape index (κ1) is 23.1. The lowest BCUT2D eigenvalue weighted by atomic mass is 9.84. The molecule has 1 heterocycles. The van der Waals surface area contributed by atoms with Gasteiger partial charge >= 0.3 is 0 Å². The minimum atomic E-state index is 0.151. The van der Waals surface area contributed by atoms with Crippen molar-refractivity contribution in [2.45, 2.75) is 58.3 Å². The number of aromatic nitrogens is 1. The summed E-state index contributed by atoms with van der Waals surface area (Å²) in [4.78, 5) is 0. The van der Waals surface area contributed by atoms with Gasteiger partial charge in [-0.15, -0.1) is 0 Å². The molecule has 0 spiro atoms. The molecule has 0 saturated carbocycles. The summed E-state index contributed by atoms with van der Waals surface area (Å²) in [6.07, 6.45) is 6.93. The van der Waals surface area contributed by atoms with Crippen LogP contribution >= 0.6 is 0 Å². The topological polar surface area (TPSA) is 4.93 Å². The predicted octanol–water partition coefficient (Wildman–Crippen LogP) is 8.62. The van der Waals surface area contributed by atoms with Gasteiger partial charge in [-0.05, 0) is 44.7 Å². The Balaban J connectivity index is 1.77. The summed E-state index contributed by atoms with van der Waals surface area (Å²) in [5, 5.41) is 1.32. The van der Waals surface area contributed by atoms with E-state index in [1.807, 2.05) is 0 Å². The fraction of sp³-hybridized carbons (Fsp3) is 0.312. The minimum Gasteiger partial charge on any atom is -0.350 e. The highest BCUT2D eigenvalue weighted by Gasteiger charge is 2.19. The summed E-state index contributed by atoms with van der Waals surface area (Å²) >= 11 is 0. The van der Waals surface area contributed by atoms with Gasteiger partial charge in [-0.1, -0.05) is 120 Å². The van der Waals surface area contributed by atoms with E-state index in [2.05, 4.69) is 144 Å². The van der Waals surface area contributed by atoms with E-state index in [1.54, 1.807) is 0 Å². The van der Waals surface area contributed by atoms with Crippen LogP contribution in [0.25, 0.3) is 17.0 Å². The van der Waals surface area contributed by atoms with Gasteiger partial charge in [0.15, 0.2) is 0 Å². The molecule has 3 aromatic carbocycles. The van der Waals surface area contributed by atoms with Crippen LogP contribution in [0, 0.1) is 0 Å². The Bertz CT molecular complexity index is 1250. The van der Waals surface area contributed by atoms with Crippen LogP contribution in [0.1, 0.15) is 75.3 Å². The molecular formula is C32H37N. The van der Waals surface area contributed by atoms with E-state index < -0.39 is 0 Å². The highest BCUT2D eigenvalue weighted by molar-refractivity contribution is 5.85. The van der Waals surface area contributed by atoms with Crippen LogP contribution in [0.3, 0.4) is 0 Å². The first-order chi connectivity index (χ1) is 15.5. The molecule has 0 bridgehead atoms. The van der Waals surface area contributed by atoms with Gasteiger partial charge in [0.1, 0.15) is 0 Å². The molecule has 170 valence electrons. The van der Waals surface area contributed by atoms with E-state index in [0.29, 0.717) is 0 Å². The van der Waals surface area contributed by atoms with E-state index in [9.17, 15) is 0 Å². The molecule has 0 aliphatic carbocycles. The van der Waals surface area contributed by atoms with Crippen LogP contribution in [-0.2, 0) is 17.9 Å². The third kappa shape index (κ3) is 4.98. The van der Waals surface area contributed by atoms with Crippen molar-refractivity contribution in [2.24, 2.45) is 7.05 Å². The van der Waals surface area contributed by atoms with Crippen molar-refractivity contribution >= 4 is 17.0 Å². The zero-order valence-corrected chi connectivity index (χ0v) is 21.2. The Morgan fingerprint density at radius 3 is 1.82 bits per heavy atom. The molecule has 1 aromatic heterocycles. The van der Waals surface area contributed by atoms with Crippen molar-refractivity contribution in [3.05, 3.63) is 113 Å². The van der Waals surface area contributed by atoms with E-state index in [1.165, 1.54) is 38.7 Å². The summed E-state index contributed by atoms with van der Waals surface area (Å²) in [5.41, 5.74) is 8.22. The van der Waals surface area contributed by atoms with Crippen molar-refractivity contribution < 1.29 is 0 Å². The van der Waals surface area contributed by atoms with Gasteiger partial charge in [-0.25, -0.2) is 0 Å². The second-order valence-electron chi connectivity index (χ2n) is 11.3. The lowest BCUT2D eigenvalue weighted by Gasteiger charge is -2.21. The predicted molar refractivity (Wildman–Crippen MR) is 144 cm³/mol. The second kappa shape index (κ2) is 8.71. The maximum Gasteiger partial charge on any atom is 0.0480 e. The van der Waals surface area contributed by atoms with Crippen molar-refractivity contribution in [1.29, 1.82) is 0 Å². The van der Waals surface area contributed by atoms with Gasteiger partial charge < -0.3 is 4.57 Å². The minimum absolute atomic E-state index is 0.151. The molecule has 1 unspecified atom stereocenters. The fourth-order valence-corrected chi connectivity index (χ4v) is 4.51. The zero-order chi connectivity index (χ0) is 23.8. The molecule has 33 heavy (non-hydrogen) atoms. The van der Waals surface area contributed by atoms with Gasteiger partial charge in [0.2, 0.25) is 0 Å². The number of rotatable bonds is 4. The Kier molecular flexibility index (Phi) is 6.10. The number of hydrogen-bond donors (Lipinski definition) is 0. The normalized spacial score (nSPS) is 13.7. The largest absolute Gasteiger partial charge is 0.350 e. The Hall–Kier alpha value is -3.06. The summed E-state index contributed by atoms with van der Waals surface area (Å²) in [6.45, 7) is 13.6. The molecule has 0 radical (unpaired) electrons. The highest BCUT2D eigenvalue weighted by Crippen LogP contribution is 2.35. The van der Waals surface area contributed by atoms with Gasteiger partial charge in [0, 0.05) is 30.1 Å². The van der Waals surface area contributed by atoms with Crippen LogP contribution in [-0.4, -0.2) is 4.57 Å². The van der Waals surface area contributed by atoms with Gasteiger partial charge in [0.25, 0.3) is 0 Å². The van der Waals surface area contributed by atoms with Crippen LogP contribution in [0.15, 0.2) is 85.1 Å². The van der Waals surface area contributed by atoms with Crippen molar-refractivity contribution in [3.8, 4) is 0 Å². The number of fused-ring (bicyclic) bond motifs is 1. The first-order valence-electron chi connectivity index (χ1n) is 12.0. The second-order valence-corrected chi connectivity index (χ2v) is 11.3. The maximum absolute atomic E-state index is 2.36. The number of aryl methyl sites for hydroxylation is 1. The number of hydrogen-bond acceptors (Lipinski definition) is 0. The number of para-hydroxylation sites is 1. The summed E-state index contributed by atoms with van der Waals surface area (Å²) in [6, 6.07) is 26.9. The van der Waals surface area contributed by atoms with Gasteiger partial charge in [0.05, 0.1) is 0 Å².